The average molecular weight is 320 g/mol. The van der Waals surface area contributed by atoms with Crippen molar-refractivity contribution in [3.05, 3.63) is 46.4 Å². The molecule has 5 nitrogen and oxygen atoms in total. The molecule has 0 saturated heterocycles. The van der Waals surface area contributed by atoms with Crippen molar-refractivity contribution in [3.63, 3.8) is 0 Å². The number of hydrogen-bond acceptors (Lipinski definition) is 5. The van der Waals surface area contributed by atoms with Gasteiger partial charge >= 0.3 is 0 Å². The minimum atomic E-state index is -0.153. The van der Waals surface area contributed by atoms with Gasteiger partial charge in [0.25, 0.3) is 5.91 Å². The van der Waals surface area contributed by atoms with E-state index in [1.165, 1.54) is 11.3 Å². The molecular weight excluding hydrogens is 300 g/mol. The van der Waals surface area contributed by atoms with Crippen molar-refractivity contribution < 1.29 is 14.6 Å². The molecule has 6 heteroatoms. The maximum atomic E-state index is 12.2. The summed E-state index contributed by atoms with van der Waals surface area (Å²) in [5.41, 5.74) is 3.18. The third kappa shape index (κ3) is 4.82. The molecule has 1 aromatic carbocycles. The van der Waals surface area contributed by atoms with Crippen molar-refractivity contribution >= 4 is 17.2 Å². The molecule has 1 aromatic heterocycles. The van der Waals surface area contributed by atoms with E-state index < -0.39 is 0 Å². The number of aromatic nitrogens is 1. The van der Waals surface area contributed by atoms with Gasteiger partial charge in [-0.1, -0.05) is 13.0 Å². The van der Waals surface area contributed by atoms with Crippen LogP contribution in [0.5, 0.6) is 5.75 Å². The molecule has 2 aromatic rings. The van der Waals surface area contributed by atoms with E-state index in [9.17, 15) is 4.79 Å². The highest BCUT2D eigenvalue weighted by molar-refractivity contribution is 7.07. The van der Waals surface area contributed by atoms with E-state index in [0.29, 0.717) is 24.3 Å². The number of thiazole rings is 1. The average Bonchev–Trinajstić information content (AvgIpc) is 3.06. The van der Waals surface area contributed by atoms with Crippen LogP contribution in [0.15, 0.2) is 35.2 Å². The van der Waals surface area contributed by atoms with Crippen LogP contribution < -0.4 is 10.1 Å². The molecule has 0 radical (unpaired) electrons. The van der Waals surface area contributed by atoms with Crippen molar-refractivity contribution in [2.75, 3.05) is 6.61 Å². The third-order valence-electron chi connectivity index (χ3n) is 3.27. The Labute approximate surface area is 134 Å². The number of carbonyl (C=O) groups excluding carboxylic acids is 1. The van der Waals surface area contributed by atoms with E-state index in [1.54, 1.807) is 23.7 Å². The molecule has 0 aliphatic heterocycles. The van der Waals surface area contributed by atoms with Crippen LogP contribution in [0, 0.1) is 0 Å². The van der Waals surface area contributed by atoms with Crippen molar-refractivity contribution in [1.82, 2.24) is 10.3 Å². The Bertz CT molecular complexity index is 587. The number of benzene rings is 1. The molecule has 1 heterocycles. The fraction of sp³-hybridized carbons (Fsp3) is 0.375. The SMILES string of the molecule is CCC(CCO)NC(=O)c1cccc(OCc2cscn2)c1. The van der Waals surface area contributed by atoms with Gasteiger partial charge in [-0.15, -0.1) is 11.3 Å². The summed E-state index contributed by atoms with van der Waals surface area (Å²) in [6.45, 7) is 2.43. The predicted molar refractivity (Wildman–Crippen MR) is 86.1 cm³/mol. The maximum Gasteiger partial charge on any atom is 0.251 e. The lowest BCUT2D eigenvalue weighted by Gasteiger charge is -2.16. The van der Waals surface area contributed by atoms with Crippen LogP contribution in [0.1, 0.15) is 35.8 Å². The summed E-state index contributed by atoms with van der Waals surface area (Å²) >= 11 is 1.52. The van der Waals surface area contributed by atoms with Crippen LogP contribution in [0.4, 0.5) is 0 Å². The zero-order valence-electron chi connectivity index (χ0n) is 12.5. The molecule has 0 saturated carbocycles. The van der Waals surface area contributed by atoms with Gasteiger partial charge in [0, 0.05) is 23.6 Å². The molecular formula is C16H20N2O3S. The normalized spacial score (nSPS) is 11.9. The van der Waals surface area contributed by atoms with E-state index in [-0.39, 0.29) is 18.6 Å². The van der Waals surface area contributed by atoms with Crippen LogP contribution in [-0.2, 0) is 6.61 Å². The largest absolute Gasteiger partial charge is 0.487 e. The molecule has 0 bridgehead atoms. The van der Waals surface area contributed by atoms with Crippen LogP contribution >= 0.6 is 11.3 Å². The standard InChI is InChI=1S/C16H20N2O3S/c1-2-13(6-7-19)18-16(20)12-4-3-5-15(8-12)21-9-14-10-22-11-17-14/h3-5,8,10-11,13,19H,2,6-7,9H2,1H3,(H,18,20). The van der Waals surface area contributed by atoms with Crippen molar-refractivity contribution in [3.8, 4) is 5.75 Å². The first-order chi connectivity index (χ1) is 10.7. The highest BCUT2D eigenvalue weighted by atomic mass is 32.1. The van der Waals surface area contributed by atoms with E-state index >= 15 is 0 Å². The topological polar surface area (TPSA) is 71.5 Å². The molecule has 2 N–H and O–H groups in total. The van der Waals surface area contributed by atoms with Crippen molar-refractivity contribution in [2.45, 2.75) is 32.4 Å². The van der Waals surface area contributed by atoms with Crippen LogP contribution in [0.25, 0.3) is 0 Å². The van der Waals surface area contributed by atoms with E-state index in [4.69, 9.17) is 9.84 Å². The lowest BCUT2D eigenvalue weighted by Crippen LogP contribution is -2.35. The molecule has 1 amide bonds. The van der Waals surface area contributed by atoms with Gasteiger partial charge in [-0.05, 0) is 31.0 Å². The Morgan fingerprint density at radius 2 is 2.36 bits per heavy atom. The van der Waals surface area contributed by atoms with Gasteiger partial charge in [0.1, 0.15) is 12.4 Å². The van der Waals surface area contributed by atoms with Crippen LogP contribution in [-0.4, -0.2) is 28.6 Å². The first-order valence-electron chi connectivity index (χ1n) is 7.24. The van der Waals surface area contributed by atoms with Gasteiger partial charge in [-0.2, -0.15) is 0 Å². The number of ether oxygens (including phenoxy) is 1. The zero-order chi connectivity index (χ0) is 15.8. The summed E-state index contributed by atoms with van der Waals surface area (Å²) < 4.78 is 5.64. The summed E-state index contributed by atoms with van der Waals surface area (Å²) in [7, 11) is 0. The van der Waals surface area contributed by atoms with Gasteiger partial charge in [0.2, 0.25) is 0 Å². The monoisotopic (exact) mass is 320 g/mol. The number of nitrogens with zero attached hydrogens (tertiary/aromatic N) is 1. The molecule has 118 valence electrons. The first kappa shape index (κ1) is 16.5. The second kappa shape index (κ2) is 8.51. The molecule has 0 fully saturated rings. The van der Waals surface area contributed by atoms with Gasteiger partial charge in [0.05, 0.1) is 11.2 Å². The molecule has 0 aliphatic carbocycles. The number of nitrogens with one attached hydrogen (secondary N) is 1. The molecule has 2 rings (SSSR count). The summed E-state index contributed by atoms with van der Waals surface area (Å²) in [6.07, 6.45) is 1.34. The van der Waals surface area contributed by atoms with E-state index in [2.05, 4.69) is 10.3 Å². The van der Waals surface area contributed by atoms with E-state index in [0.717, 1.165) is 12.1 Å². The Balaban J connectivity index is 1.96. The number of aliphatic hydroxyl groups excluding tert-OH is 1. The highest BCUT2D eigenvalue weighted by Crippen LogP contribution is 2.15. The van der Waals surface area contributed by atoms with Gasteiger partial charge in [-0.3, -0.25) is 4.79 Å². The predicted octanol–water partition coefficient (Wildman–Crippen LogP) is 2.61. The van der Waals surface area contributed by atoms with Crippen LogP contribution in [0.3, 0.4) is 0 Å². The summed E-state index contributed by atoms with van der Waals surface area (Å²) in [5.74, 6) is 0.482. The molecule has 0 spiro atoms. The van der Waals surface area contributed by atoms with Crippen molar-refractivity contribution in [1.29, 1.82) is 0 Å². The summed E-state index contributed by atoms with van der Waals surface area (Å²) in [5, 5.41) is 13.8. The molecule has 1 atom stereocenters. The molecule has 1 unspecified atom stereocenters. The third-order valence-corrected chi connectivity index (χ3v) is 3.91. The van der Waals surface area contributed by atoms with Gasteiger partial charge < -0.3 is 15.2 Å². The molecule has 0 aliphatic rings. The number of rotatable bonds is 8. The fourth-order valence-electron chi connectivity index (χ4n) is 2.00. The zero-order valence-corrected chi connectivity index (χ0v) is 13.3. The quantitative estimate of drug-likeness (QED) is 0.784. The lowest BCUT2D eigenvalue weighted by molar-refractivity contribution is 0.0928. The minimum Gasteiger partial charge on any atom is -0.487 e. The van der Waals surface area contributed by atoms with E-state index in [1.807, 2.05) is 18.4 Å². The molecule has 22 heavy (non-hydrogen) atoms. The smallest absolute Gasteiger partial charge is 0.251 e. The second-order valence-corrected chi connectivity index (χ2v) is 5.61. The summed E-state index contributed by atoms with van der Waals surface area (Å²) in [4.78, 5) is 16.4. The van der Waals surface area contributed by atoms with Gasteiger partial charge in [0.15, 0.2) is 0 Å². The fourth-order valence-corrected chi connectivity index (χ4v) is 2.54. The number of carbonyl (C=O) groups is 1. The number of hydrogen-bond donors (Lipinski definition) is 2. The Kier molecular flexibility index (Phi) is 6.36. The Morgan fingerprint density at radius 1 is 1.50 bits per heavy atom. The lowest BCUT2D eigenvalue weighted by atomic mass is 10.1. The Hall–Kier alpha value is -1.92. The second-order valence-electron chi connectivity index (χ2n) is 4.89. The Morgan fingerprint density at radius 3 is 3.05 bits per heavy atom. The number of aliphatic hydroxyl groups is 1. The minimum absolute atomic E-state index is 0.0166. The van der Waals surface area contributed by atoms with Crippen LogP contribution in [0.2, 0.25) is 0 Å². The highest BCUT2D eigenvalue weighted by Gasteiger charge is 2.12. The number of amides is 1. The van der Waals surface area contributed by atoms with Crippen molar-refractivity contribution in [2.24, 2.45) is 0 Å². The maximum absolute atomic E-state index is 12.2. The first-order valence-corrected chi connectivity index (χ1v) is 8.19. The van der Waals surface area contributed by atoms with Gasteiger partial charge in [-0.25, -0.2) is 4.98 Å². The summed E-state index contributed by atoms with van der Waals surface area (Å²) in [6, 6.07) is 7.05.